The first-order valence-corrected chi connectivity index (χ1v) is 13.8. The lowest BCUT2D eigenvalue weighted by Gasteiger charge is -2.42. The van der Waals surface area contributed by atoms with Crippen LogP contribution >= 0.6 is 0 Å². The van der Waals surface area contributed by atoms with E-state index in [1.165, 1.54) is 17.0 Å². The van der Waals surface area contributed by atoms with Gasteiger partial charge in [-0.25, -0.2) is 8.78 Å². The van der Waals surface area contributed by atoms with Crippen molar-refractivity contribution >= 4 is 16.8 Å². The number of carbonyl (C=O) groups is 1. The lowest BCUT2D eigenvalue weighted by atomic mass is 9.87. The molecule has 40 heavy (non-hydrogen) atoms. The van der Waals surface area contributed by atoms with Crippen LogP contribution in [0.3, 0.4) is 0 Å². The molecule has 1 fully saturated rings. The van der Waals surface area contributed by atoms with Gasteiger partial charge in [-0.2, -0.15) is 0 Å². The van der Waals surface area contributed by atoms with E-state index in [2.05, 4.69) is 16.5 Å². The third-order valence-electron chi connectivity index (χ3n) is 8.22. The summed E-state index contributed by atoms with van der Waals surface area (Å²) in [5.74, 6) is -1.90. The highest BCUT2D eigenvalue weighted by atomic mass is 19.1. The van der Waals surface area contributed by atoms with Crippen LogP contribution in [0.1, 0.15) is 29.8 Å². The van der Waals surface area contributed by atoms with Crippen molar-refractivity contribution in [3.63, 3.8) is 0 Å². The topological polar surface area (TPSA) is 51.8 Å². The normalized spacial score (nSPS) is 20.6. The first-order chi connectivity index (χ1) is 19.2. The number of para-hydroxylation sites is 1. The third kappa shape index (κ3) is 5.37. The molecular formula is C31H37F3N4O2. The Bertz CT molecular complexity index is 1360. The molecule has 0 radical (unpaired) electrons. The van der Waals surface area contributed by atoms with E-state index in [-0.39, 0.29) is 49.0 Å². The van der Waals surface area contributed by atoms with Crippen LogP contribution in [0.5, 0.6) is 5.75 Å². The molecule has 1 amide bonds. The largest absolute Gasteiger partial charge is 0.492 e. The van der Waals surface area contributed by atoms with Gasteiger partial charge in [0.25, 0.3) is 0 Å². The Hall–Kier alpha value is -3.30. The smallest absolute Gasteiger partial charge is 0.230 e. The lowest BCUT2D eigenvalue weighted by Crippen LogP contribution is -2.49. The van der Waals surface area contributed by atoms with Crippen molar-refractivity contribution in [1.29, 1.82) is 0 Å². The molecule has 0 unspecified atom stereocenters. The van der Waals surface area contributed by atoms with Crippen molar-refractivity contribution in [3.05, 3.63) is 77.5 Å². The number of benzene rings is 2. The van der Waals surface area contributed by atoms with Crippen LogP contribution in [0, 0.1) is 23.5 Å². The molecule has 6 nitrogen and oxygen atoms in total. The van der Waals surface area contributed by atoms with E-state index in [9.17, 15) is 9.18 Å². The molecule has 1 saturated heterocycles. The van der Waals surface area contributed by atoms with Gasteiger partial charge in [-0.15, -0.1) is 6.58 Å². The predicted molar refractivity (Wildman–Crippen MR) is 150 cm³/mol. The van der Waals surface area contributed by atoms with E-state index in [0.717, 1.165) is 22.2 Å². The van der Waals surface area contributed by atoms with E-state index < -0.39 is 23.6 Å². The van der Waals surface area contributed by atoms with Crippen molar-refractivity contribution in [1.82, 2.24) is 19.7 Å². The van der Waals surface area contributed by atoms with Crippen LogP contribution in [0.25, 0.3) is 10.9 Å². The average Bonchev–Trinajstić information content (AvgIpc) is 3.26. The number of hydrogen-bond donors (Lipinski definition) is 1. The van der Waals surface area contributed by atoms with Gasteiger partial charge in [0.05, 0.1) is 18.6 Å². The second-order valence-electron chi connectivity index (χ2n) is 11.2. The van der Waals surface area contributed by atoms with Crippen LogP contribution in [0.2, 0.25) is 0 Å². The summed E-state index contributed by atoms with van der Waals surface area (Å²) < 4.78 is 50.2. The van der Waals surface area contributed by atoms with E-state index >= 15 is 8.78 Å². The minimum atomic E-state index is -0.781. The average molecular weight is 555 g/mol. The predicted octanol–water partition coefficient (Wildman–Crippen LogP) is 4.95. The Morgan fingerprint density at radius 2 is 1.93 bits per heavy atom. The molecule has 3 atom stereocenters. The molecule has 9 heteroatoms. The minimum Gasteiger partial charge on any atom is -0.492 e. The molecule has 3 heterocycles. The Balaban J connectivity index is 1.49. The maximum atomic E-state index is 15.9. The number of rotatable bonds is 10. The van der Waals surface area contributed by atoms with Gasteiger partial charge in [0.1, 0.15) is 24.0 Å². The van der Waals surface area contributed by atoms with Gasteiger partial charge in [0, 0.05) is 86.5 Å². The number of alkyl halides is 1. The second kappa shape index (κ2) is 11.7. The SMILES string of the molecule is C=C[C@@H](CN1[C@H](c2c(F)cc(OCCN3CC(CF)C3)cc2F)c2[nH]c3ccccc3c2C[C@H]1C)C(=O)N(C)C. The number of amides is 1. The van der Waals surface area contributed by atoms with E-state index in [4.69, 9.17) is 4.74 Å². The number of likely N-dealkylation sites (tertiary alicyclic amines) is 1. The number of carbonyl (C=O) groups excluding carboxylic acids is 1. The molecule has 3 aromatic rings. The van der Waals surface area contributed by atoms with Crippen LogP contribution in [-0.2, 0) is 11.2 Å². The standard InChI is InChI=1S/C31H37F3N4O2/c1-5-21(31(39)36(3)4)18-38-19(2)12-24-23-8-6-7-9-27(23)35-29(24)30(38)28-25(33)13-22(14-26(28)34)40-11-10-37-16-20(15-32)17-37/h5-9,13-14,19-21,30,35H,1,10-12,15-18H2,2-4H3/t19-,21+,30-/m1/s1. The highest BCUT2D eigenvalue weighted by molar-refractivity contribution is 5.85. The maximum Gasteiger partial charge on any atom is 0.230 e. The van der Waals surface area contributed by atoms with Crippen molar-refractivity contribution < 1.29 is 22.7 Å². The van der Waals surface area contributed by atoms with Gasteiger partial charge in [-0.3, -0.25) is 19.0 Å². The van der Waals surface area contributed by atoms with Gasteiger partial charge in [-0.1, -0.05) is 24.3 Å². The number of nitrogens with one attached hydrogen (secondary N) is 1. The van der Waals surface area contributed by atoms with Gasteiger partial charge in [-0.05, 0) is 25.0 Å². The molecule has 0 spiro atoms. The molecular weight excluding hydrogens is 517 g/mol. The molecule has 214 valence electrons. The molecule has 2 aliphatic rings. The highest BCUT2D eigenvalue weighted by Crippen LogP contribution is 2.43. The summed E-state index contributed by atoms with van der Waals surface area (Å²) >= 11 is 0. The number of aromatic nitrogens is 1. The zero-order valence-corrected chi connectivity index (χ0v) is 23.3. The van der Waals surface area contributed by atoms with E-state index in [1.807, 2.05) is 36.1 Å². The quantitative estimate of drug-likeness (QED) is 0.361. The van der Waals surface area contributed by atoms with Crippen molar-refractivity contribution in [2.75, 3.05) is 53.6 Å². The Morgan fingerprint density at radius 3 is 2.58 bits per heavy atom. The second-order valence-corrected chi connectivity index (χ2v) is 11.2. The third-order valence-corrected chi connectivity index (χ3v) is 8.22. The monoisotopic (exact) mass is 554 g/mol. The molecule has 2 aliphatic heterocycles. The number of fused-ring (bicyclic) bond motifs is 3. The molecule has 1 N–H and O–H groups in total. The summed E-state index contributed by atoms with van der Waals surface area (Å²) in [6, 6.07) is 9.43. The van der Waals surface area contributed by atoms with Gasteiger partial charge in [0.15, 0.2) is 0 Å². The number of halogens is 3. The van der Waals surface area contributed by atoms with Gasteiger partial charge < -0.3 is 14.6 Å². The Labute approximate surface area is 233 Å². The van der Waals surface area contributed by atoms with Gasteiger partial charge >= 0.3 is 0 Å². The molecule has 2 aromatic carbocycles. The Morgan fingerprint density at radius 1 is 1.23 bits per heavy atom. The summed E-state index contributed by atoms with van der Waals surface area (Å²) in [5.41, 5.74) is 2.57. The summed E-state index contributed by atoms with van der Waals surface area (Å²) in [7, 11) is 3.37. The molecule has 1 aromatic heterocycles. The Kier molecular flexibility index (Phi) is 8.24. The van der Waals surface area contributed by atoms with E-state index in [0.29, 0.717) is 26.1 Å². The van der Waals surface area contributed by atoms with Crippen molar-refractivity contribution in [2.45, 2.75) is 25.4 Å². The van der Waals surface area contributed by atoms with Crippen LogP contribution in [-0.4, -0.2) is 85.2 Å². The van der Waals surface area contributed by atoms with Crippen molar-refractivity contribution in [2.24, 2.45) is 11.8 Å². The number of nitrogens with zero attached hydrogens (tertiary/aromatic N) is 3. The number of H-pyrrole nitrogens is 1. The molecule has 0 saturated carbocycles. The molecule has 0 bridgehead atoms. The highest BCUT2D eigenvalue weighted by Gasteiger charge is 2.40. The molecule has 5 rings (SSSR count). The summed E-state index contributed by atoms with van der Waals surface area (Å²) in [4.78, 5) is 21.9. The maximum absolute atomic E-state index is 15.9. The minimum absolute atomic E-state index is 0.0678. The summed E-state index contributed by atoms with van der Waals surface area (Å²) in [6.07, 6.45) is 2.27. The van der Waals surface area contributed by atoms with Crippen LogP contribution < -0.4 is 4.74 Å². The zero-order chi connectivity index (χ0) is 28.6. The van der Waals surface area contributed by atoms with E-state index in [1.54, 1.807) is 20.2 Å². The van der Waals surface area contributed by atoms with Crippen molar-refractivity contribution in [3.8, 4) is 5.75 Å². The first kappa shape index (κ1) is 28.2. The van der Waals surface area contributed by atoms with Crippen LogP contribution in [0.15, 0.2) is 49.1 Å². The number of aromatic amines is 1. The van der Waals surface area contributed by atoms with Crippen LogP contribution in [0.4, 0.5) is 13.2 Å². The molecule has 0 aliphatic carbocycles. The first-order valence-electron chi connectivity index (χ1n) is 13.8. The van der Waals surface area contributed by atoms with Gasteiger partial charge in [0.2, 0.25) is 5.91 Å². The number of ether oxygens (including phenoxy) is 1. The fourth-order valence-electron chi connectivity index (χ4n) is 6.07. The fraction of sp³-hybridized carbons (Fsp3) is 0.452. The fourth-order valence-corrected chi connectivity index (χ4v) is 6.07. The lowest BCUT2D eigenvalue weighted by molar-refractivity contribution is -0.132. The number of hydrogen-bond acceptors (Lipinski definition) is 4. The summed E-state index contributed by atoms with van der Waals surface area (Å²) in [5, 5.41) is 1.03. The summed E-state index contributed by atoms with van der Waals surface area (Å²) in [6.45, 7) is 7.98. The zero-order valence-electron chi connectivity index (χ0n) is 23.3.